The van der Waals surface area contributed by atoms with Crippen molar-refractivity contribution < 1.29 is 13.9 Å². The lowest BCUT2D eigenvalue weighted by atomic mass is 10.0. The van der Waals surface area contributed by atoms with E-state index in [1.165, 1.54) is 12.1 Å². The SMILES string of the molecule is COCCN1C(=O)CC(N)C1c1cc(F)cc(Cl)c1. The fraction of sp³-hybridized carbons (Fsp3) is 0.462. The van der Waals surface area contributed by atoms with Crippen molar-refractivity contribution in [1.29, 1.82) is 0 Å². The maximum absolute atomic E-state index is 13.4. The summed E-state index contributed by atoms with van der Waals surface area (Å²) in [5.74, 6) is -0.476. The highest BCUT2D eigenvalue weighted by Crippen LogP contribution is 2.33. The van der Waals surface area contributed by atoms with Gasteiger partial charge in [-0.15, -0.1) is 0 Å². The molecule has 1 fully saturated rings. The van der Waals surface area contributed by atoms with Gasteiger partial charge in [-0.3, -0.25) is 4.79 Å². The molecule has 1 saturated heterocycles. The molecule has 1 aliphatic rings. The molecule has 0 bridgehead atoms. The second-order valence-corrected chi connectivity index (χ2v) is 5.03. The third-order valence-electron chi connectivity index (χ3n) is 3.23. The van der Waals surface area contributed by atoms with Gasteiger partial charge in [-0.05, 0) is 23.8 Å². The average Bonchev–Trinajstić information content (AvgIpc) is 2.59. The second kappa shape index (κ2) is 5.86. The van der Waals surface area contributed by atoms with Gasteiger partial charge in [0.15, 0.2) is 0 Å². The summed E-state index contributed by atoms with van der Waals surface area (Å²) < 4.78 is 18.4. The molecular formula is C13H16ClFN2O2. The van der Waals surface area contributed by atoms with E-state index in [1.54, 1.807) is 18.1 Å². The number of rotatable bonds is 4. The normalized spacial score (nSPS) is 23.2. The van der Waals surface area contributed by atoms with E-state index in [2.05, 4.69) is 0 Å². The lowest BCUT2D eigenvalue weighted by molar-refractivity contribution is -0.129. The largest absolute Gasteiger partial charge is 0.383 e. The fourth-order valence-electron chi connectivity index (χ4n) is 2.44. The van der Waals surface area contributed by atoms with Crippen LogP contribution in [0.25, 0.3) is 0 Å². The summed E-state index contributed by atoms with van der Waals surface area (Å²) in [7, 11) is 1.56. The molecule has 2 unspecified atom stereocenters. The summed E-state index contributed by atoms with van der Waals surface area (Å²) in [6, 6.07) is 3.54. The Kier molecular flexibility index (Phi) is 4.39. The third-order valence-corrected chi connectivity index (χ3v) is 3.45. The molecule has 1 aromatic rings. The molecule has 2 atom stereocenters. The average molecular weight is 287 g/mol. The van der Waals surface area contributed by atoms with E-state index in [9.17, 15) is 9.18 Å². The molecule has 0 radical (unpaired) electrons. The van der Waals surface area contributed by atoms with Gasteiger partial charge in [0.2, 0.25) is 5.91 Å². The molecular weight excluding hydrogens is 271 g/mol. The smallest absolute Gasteiger partial charge is 0.224 e. The molecule has 1 aliphatic heterocycles. The number of halogens is 2. The molecule has 2 N–H and O–H groups in total. The van der Waals surface area contributed by atoms with E-state index < -0.39 is 5.82 Å². The Bertz CT molecular complexity index is 463. The molecule has 6 heteroatoms. The number of carbonyl (C=O) groups is 1. The van der Waals surface area contributed by atoms with Gasteiger partial charge >= 0.3 is 0 Å². The molecule has 0 aliphatic carbocycles. The maximum atomic E-state index is 13.4. The predicted molar refractivity (Wildman–Crippen MR) is 70.3 cm³/mol. The molecule has 2 rings (SSSR count). The van der Waals surface area contributed by atoms with E-state index >= 15 is 0 Å². The maximum Gasteiger partial charge on any atom is 0.224 e. The van der Waals surface area contributed by atoms with E-state index in [0.29, 0.717) is 23.7 Å². The lowest BCUT2D eigenvalue weighted by Gasteiger charge is -2.27. The summed E-state index contributed by atoms with van der Waals surface area (Å²) in [6.07, 6.45) is 0.252. The Morgan fingerprint density at radius 3 is 2.89 bits per heavy atom. The molecule has 1 amide bonds. The van der Waals surface area contributed by atoms with Gasteiger partial charge in [0.1, 0.15) is 5.82 Å². The molecule has 0 spiro atoms. The zero-order valence-electron chi connectivity index (χ0n) is 10.6. The predicted octanol–water partition coefficient (Wildman–Crippen LogP) is 1.73. The molecule has 0 aromatic heterocycles. The van der Waals surface area contributed by atoms with Crippen LogP contribution >= 0.6 is 11.6 Å². The van der Waals surface area contributed by atoms with Crippen LogP contribution in [-0.2, 0) is 9.53 Å². The summed E-state index contributed by atoms with van der Waals surface area (Å²) in [6.45, 7) is 0.847. The molecule has 104 valence electrons. The first-order valence-electron chi connectivity index (χ1n) is 6.03. The number of likely N-dealkylation sites (tertiary alicyclic amines) is 1. The van der Waals surface area contributed by atoms with Crippen LogP contribution in [0.4, 0.5) is 4.39 Å². The van der Waals surface area contributed by atoms with E-state index in [1.807, 2.05) is 0 Å². The highest BCUT2D eigenvalue weighted by Gasteiger charge is 2.38. The quantitative estimate of drug-likeness (QED) is 0.917. The number of carbonyl (C=O) groups excluding carboxylic acids is 1. The summed E-state index contributed by atoms with van der Waals surface area (Å²) in [5, 5.41) is 0.299. The van der Waals surface area contributed by atoms with Crippen molar-refractivity contribution >= 4 is 17.5 Å². The Balaban J connectivity index is 2.30. The number of methoxy groups -OCH3 is 1. The van der Waals surface area contributed by atoms with Crippen LogP contribution in [0.1, 0.15) is 18.0 Å². The summed E-state index contributed by atoms with van der Waals surface area (Å²) in [5.41, 5.74) is 6.62. The first-order valence-corrected chi connectivity index (χ1v) is 6.40. The molecule has 4 nitrogen and oxygen atoms in total. The van der Waals surface area contributed by atoms with E-state index in [0.717, 1.165) is 0 Å². The van der Waals surface area contributed by atoms with Gasteiger partial charge in [0.25, 0.3) is 0 Å². The van der Waals surface area contributed by atoms with Gasteiger partial charge in [-0.1, -0.05) is 11.6 Å². The third kappa shape index (κ3) is 3.05. The van der Waals surface area contributed by atoms with Crippen molar-refractivity contribution in [2.45, 2.75) is 18.5 Å². The number of benzene rings is 1. The second-order valence-electron chi connectivity index (χ2n) is 4.60. The zero-order valence-corrected chi connectivity index (χ0v) is 11.4. The van der Waals surface area contributed by atoms with Crippen LogP contribution in [0.2, 0.25) is 5.02 Å². The Hall–Kier alpha value is -1.17. The number of amides is 1. The minimum atomic E-state index is -0.430. The van der Waals surface area contributed by atoms with Gasteiger partial charge < -0.3 is 15.4 Å². The van der Waals surface area contributed by atoms with Crippen molar-refractivity contribution in [2.75, 3.05) is 20.3 Å². The first kappa shape index (κ1) is 14.2. The minimum Gasteiger partial charge on any atom is -0.383 e. The van der Waals surface area contributed by atoms with Gasteiger partial charge in [-0.25, -0.2) is 4.39 Å². The number of nitrogens with two attached hydrogens (primary N) is 1. The van der Waals surface area contributed by atoms with E-state index in [-0.39, 0.29) is 24.4 Å². The number of ether oxygens (including phenoxy) is 1. The van der Waals surface area contributed by atoms with Crippen molar-refractivity contribution in [3.8, 4) is 0 Å². The van der Waals surface area contributed by atoms with Crippen molar-refractivity contribution in [1.82, 2.24) is 4.90 Å². The Morgan fingerprint density at radius 2 is 2.26 bits per heavy atom. The highest BCUT2D eigenvalue weighted by atomic mass is 35.5. The monoisotopic (exact) mass is 286 g/mol. The summed E-state index contributed by atoms with van der Waals surface area (Å²) >= 11 is 5.86. The molecule has 1 aromatic carbocycles. The van der Waals surface area contributed by atoms with Crippen molar-refractivity contribution in [2.24, 2.45) is 5.73 Å². The van der Waals surface area contributed by atoms with Gasteiger partial charge in [0, 0.05) is 31.1 Å². The van der Waals surface area contributed by atoms with Crippen LogP contribution in [-0.4, -0.2) is 37.1 Å². The van der Waals surface area contributed by atoms with Crippen LogP contribution in [0.5, 0.6) is 0 Å². The van der Waals surface area contributed by atoms with Crippen LogP contribution in [0.15, 0.2) is 18.2 Å². The van der Waals surface area contributed by atoms with Crippen LogP contribution in [0, 0.1) is 5.82 Å². The number of nitrogens with zero attached hydrogens (tertiary/aromatic N) is 1. The lowest BCUT2D eigenvalue weighted by Crippen LogP contribution is -2.35. The zero-order chi connectivity index (χ0) is 14.0. The number of hydrogen-bond donors (Lipinski definition) is 1. The van der Waals surface area contributed by atoms with Crippen LogP contribution in [0.3, 0.4) is 0 Å². The Morgan fingerprint density at radius 1 is 1.53 bits per heavy atom. The molecule has 19 heavy (non-hydrogen) atoms. The minimum absolute atomic E-state index is 0.0464. The van der Waals surface area contributed by atoms with Gasteiger partial charge in [0.05, 0.1) is 12.6 Å². The van der Waals surface area contributed by atoms with Crippen LogP contribution < -0.4 is 5.73 Å². The Labute approximate surface area is 116 Å². The fourth-order valence-corrected chi connectivity index (χ4v) is 2.67. The topological polar surface area (TPSA) is 55.6 Å². The van der Waals surface area contributed by atoms with Gasteiger partial charge in [-0.2, -0.15) is 0 Å². The highest BCUT2D eigenvalue weighted by molar-refractivity contribution is 6.30. The van der Waals surface area contributed by atoms with Crippen molar-refractivity contribution in [3.63, 3.8) is 0 Å². The van der Waals surface area contributed by atoms with E-state index in [4.69, 9.17) is 22.1 Å². The first-order chi connectivity index (χ1) is 9.02. The van der Waals surface area contributed by atoms with Crippen molar-refractivity contribution in [3.05, 3.63) is 34.6 Å². The summed E-state index contributed by atoms with van der Waals surface area (Å²) in [4.78, 5) is 13.5. The molecule has 0 saturated carbocycles. The number of hydrogen-bond acceptors (Lipinski definition) is 3. The molecule has 1 heterocycles. The standard InChI is InChI=1S/C13H16ClFN2O2/c1-19-3-2-17-12(18)7-11(16)13(17)8-4-9(14)6-10(15)5-8/h4-6,11,13H,2-3,7,16H2,1H3.